The van der Waals surface area contributed by atoms with Gasteiger partial charge in [-0.3, -0.25) is 0 Å². The summed E-state index contributed by atoms with van der Waals surface area (Å²) in [6.45, 7) is 8.63. The molecule has 1 heterocycles. The summed E-state index contributed by atoms with van der Waals surface area (Å²) < 4.78 is 5.42. The molecule has 0 aliphatic carbocycles. The van der Waals surface area contributed by atoms with Crippen molar-refractivity contribution in [2.24, 2.45) is 0 Å². The van der Waals surface area contributed by atoms with Crippen LogP contribution in [-0.2, 0) is 5.41 Å². The van der Waals surface area contributed by atoms with E-state index in [0.29, 0.717) is 5.95 Å². The maximum Gasteiger partial charge on any atom is 0.229 e. The number of nitrogens with zero attached hydrogens (tertiary/aromatic N) is 2. The van der Waals surface area contributed by atoms with Crippen LogP contribution in [0.3, 0.4) is 0 Å². The molecule has 140 valence electrons. The maximum absolute atomic E-state index is 5.42. The van der Waals surface area contributed by atoms with Crippen molar-refractivity contribution in [1.82, 2.24) is 9.97 Å². The van der Waals surface area contributed by atoms with Crippen molar-refractivity contribution in [3.63, 3.8) is 0 Å². The van der Waals surface area contributed by atoms with Gasteiger partial charge in [-0.2, -0.15) is 4.98 Å². The van der Waals surface area contributed by atoms with Crippen molar-refractivity contribution < 1.29 is 4.74 Å². The molecule has 1 aromatic heterocycles. The minimum atomic E-state index is 0.0344. The molecule has 3 aromatic rings. The zero-order chi connectivity index (χ0) is 19.4. The van der Waals surface area contributed by atoms with E-state index in [-0.39, 0.29) is 5.41 Å². The van der Waals surface area contributed by atoms with Crippen molar-refractivity contribution >= 4 is 23.1 Å². The summed E-state index contributed by atoms with van der Waals surface area (Å²) in [7, 11) is 1.65. The van der Waals surface area contributed by atoms with Gasteiger partial charge in [0.1, 0.15) is 11.6 Å². The van der Waals surface area contributed by atoms with E-state index >= 15 is 0 Å². The first-order valence-electron chi connectivity index (χ1n) is 8.98. The highest BCUT2D eigenvalue weighted by Gasteiger charge is 2.17. The number of anilines is 4. The van der Waals surface area contributed by atoms with Crippen LogP contribution in [0.15, 0.2) is 54.7 Å². The van der Waals surface area contributed by atoms with Crippen molar-refractivity contribution in [1.29, 1.82) is 0 Å². The van der Waals surface area contributed by atoms with Crippen LogP contribution in [0.25, 0.3) is 0 Å². The van der Waals surface area contributed by atoms with Gasteiger partial charge in [-0.1, -0.05) is 45.0 Å². The summed E-state index contributed by atoms with van der Waals surface area (Å²) in [4.78, 5) is 8.94. The van der Waals surface area contributed by atoms with E-state index in [2.05, 4.69) is 59.6 Å². The number of hydrogen-bond donors (Lipinski definition) is 2. The molecule has 0 radical (unpaired) electrons. The Morgan fingerprint density at radius 1 is 0.926 bits per heavy atom. The highest BCUT2D eigenvalue weighted by atomic mass is 16.5. The molecule has 0 aliphatic heterocycles. The molecule has 0 unspecified atom stereocenters. The Bertz CT molecular complexity index is 932. The number of benzene rings is 2. The van der Waals surface area contributed by atoms with Crippen LogP contribution >= 0.6 is 0 Å². The Morgan fingerprint density at radius 3 is 2.44 bits per heavy atom. The van der Waals surface area contributed by atoms with E-state index in [1.807, 2.05) is 37.3 Å². The number of nitrogens with one attached hydrogen (secondary N) is 2. The first kappa shape index (κ1) is 18.7. The molecule has 0 atom stereocenters. The van der Waals surface area contributed by atoms with Gasteiger partial charge in [0.15, 0.2) is 0 Å². The normalized spacial score (nSPS) is 11.1. The second-order valence-corrected chi connectivity index (χ2v) is 7.51. The number of methoxy groups -OCH3 is 1. The van der Waals surface area contributed by atoms with Gasteiger partial charge in [-0.15, -0.1) is 0 Å². The Morgan fingerprint density at radius 2 is 1.70 bits per heavy atom. The molecule has 0 spiro atoms. The standard InChI is InChI=1S/C22H26N4O/c1-15-10-11-19(27-5)18(14-15)25-21-23-13-12-20(26-21)24-17-9-7-6-8-16(17)22(2,3)4/h6-14H,1-5H3,(H2,23,24,25,26). The third-order valence-corrected chi connectivity index (χ3v) is 4.25. The summed E-state index contributed by atoms with van der Waals surface area (Å²) in [6, 6.07) is 16.1. The molecular formula is C22H26N4O. The molecule has 5 nitrogen and oxygen atoms in total. The van der Waals surface area contributed by atoms with Crippen molar-refractivity contribution in [3.8, 4) is 5.75 Å². The summed E-state index contributed by atoms with van der Waals surface area (Å²) in [6.07, 6.45) is 1.74. The minimum absolute atomic E-state index is 0.0344. The van der Waals surface area contributed by atoms with Gasteiger partial charge in [0.2, 0.25) is 5.95 Å². The van der Waals surface area contributed by atoms with Crippen LogP contribution in [0, 0.1) is 6.92 Å². The molecule has 0 amide bonds. The maximum atomic E-state index is 5.42. The highest BCUT2D eigenvalue weighted by molar-refractivity contribution is 5.66. The van der Waals surface area contributed by atoms with E-state index in [9.17, 15) is 0 Å². The van der Waals surface area contributed by atoms with E-state index in [1.165, 1.54) is 5.56 Å². The number of aromatic nitrogens is 2. The van der Waals surface area contributed by atoms with Crippen LogP contribution in [0.1, 0.15) is 31.9 Å². The third-order valence-electron chi connectivity index (χ3n) is 4.25. The summed E-state index contributed by atoms with van der Waals surface area (Å²) in [5, 5.41) is 6.67. The van der Waals surface area contributed by atoms with Crippen molar-refractivity contribution in [2.45, 2.75) is 33.1 Å². The quantitative estimate of drug-likeness (QED) is 0.620. The van der Waals surface area contributed by atoms with Gasteiger partial charge in [-0.25, -0.2) is 4.98 Å². The van der Waals surface area contributed by atoms with Gasteiger partial charge in [0, 0.05) is 11.9 Å². The second-order valence-electron chi connectivity index (χ2n) is 7.51. The summed E-state index contributed by atoms with van der Waals surface area (Å²) in [5.41, 5.74) is 4.28. The zero-order valence-corrected chi connectivity index (χ0v) is 16.5. The Kier molecular flexibility index (Phi) is 5.31. The summed E-state index contributed by atoms with van der Waals surface area (Å²) >= 11 is 0. The van der Waals surface area contributed by atoms with E-state index in [0.717, 1.165) is 28.5 Å². The fourth-order valence-corrected chi connectivity index (χ4v) is 2.91. The number of para-hydroxylation sites is 1. The van der Waals surface area contributed by atoms with Gasteiger partial charge in [0.25, 0.3) is 0 Å². The Hall–Kier alpha value is -3.08. The predicted octanol–water partition coefficient (Wildman–Crippen LogP) is 5.58. The average Bonchev–Trinajstić information content (AvgIpc) is 2.62. The first-order chi connectivity index (χ1) is 12.9. The van der Waals surface area contributed by atoms with Gasteiger partial charge in [0.05, 0.1) is 12.8 Å². The third kappa shape index (κ3) is 4.56. The van der Waals surface area contributed by atoms with Gasteiger partial charge in [-0.05, 0) is 47.7 Å². The lowest BCUT2D eigenvalue weighted by Crippen LogP contribution is -2.13. The molecule has 27 heavy (non-hydrogen) atoms. The molecule has 0 aliphatic rings. The molecule has 3 rings (SSSR count). The van der Waals surface area contributed by atoms with Crippen LogP contribution in [0.4, 0.5) is 23.1 Å². The molecule has 0 fully saturated rings. The lowest BCUT2D eigenvalue weighted by molar-refractivity contribution is 0.416. The molecule has 0 saturated heterocycles. The second kappa shape index (κ2) is 7.66. The van der Waals surface area contributed by atoms with Crippen LogP contribution in [0.5, 0.6) is 5.75 Å². The van der Waals surface area contributed by atoms with E-state index < -0.39 is 0 Å². The molecular weight excluding hydrogens is 336 g/mol. The fraction of sp³-hybridized carbons (Fsp3) is 0.273. The topological polar surface area (TPSA) is 59.1 Å². The highest BCUT2D eigenvalue weighted by Crippen LogP contribution is 2.31. The molecule has 2 aromatic carbocycles. The smallest absolute Gasteiger partial charge is 0.229 e. The molecule has 2 N–H and O–H groups in total. The van der Waals surface area contributed by atoms with E-state index in [1.54, 1.807) is 13.3 Å². The van der Waals surface area contributed by atoms with Gasteiger partial charge < -0.3 is 15.4 Å². The Labute approximate surface area is 160 Å². The largest absolute Gasteiger partial charge is 0.495 e. The van der Waals surface area contributed by atoms with Gasteiger partial charge >= 0.3 is 0 Å². The van der Waals surface area contributed by atoms with Crippen LogP contribution in [0.2, 0.25) is 0 Å². The number of rotatable bonds is 5. The monoisotopic (exact) mass is 362 g/mol. The molecule has 0 bridgehead atoms. The SMILES string of the molecule is COc1ccc(C)cc1Nc1nccc(Nc2ccccc2C(C)(C)C)n1. The van der Waals surface area contributed by atoms with Crippen LogP contribution in [-0.4, -0.2) is 17.1 Å². The lowest BCUT2D eigenvalue weighted by Gasteiger charge is -2.23. The van der Waals surface area contributed by atoms with E-state index in [4.69, 9.17) is 4.74 Å². The summed E-state index contributed by atoms with van der Waals surface area (Å²) in [5.74, 6) is 1.99. The fourth-order valence-electron chi connectivity index (χ4n) is 2.91. The van der Waals surface area contributed by atoms with Crippen molar-refractivity contribution in [3.05, 3.63) is 65.9 Å². The van der Waals surface area contributed by atoms with Crippen LogP contribution < -0.4 is 15.4 Å². The minimum Gasteiger partial charge on any atom is -0.495 e. The number of aryl methyl sites for hydroxylation is 1. The Balaban J connectivity index is 1.87. The van der Waals surface area contributed by atoms with Crippen molar-refractivity contribution in [2.75, 3.05) is 17.7 Å². The molecule has 5 heteroatoms. The first-order valence-corrected chi connectivity index (χ1v) is 8.98. The molecule has 0 saturated carbocycles. The number of ether oxygens (including phenoxy) is 1. The number of hydrogen-bond acceptors (Lipinski definition) is 5. The lowest BCUT2D eigenvalue weighted by atomic mass is 9.86. The zero-order valence-electron chi connectivity index (χ0n) is 16.5. The average molecular weight is 362 g/mol. The predicted molar refractivity (Wildman–Crippen MR) is 111 cm³/mol.